The monoisotopic (exact) mass is 183 g/mol. The van der Waals surface area contributed by atoms with Crippen molar-refractivity contribution in [1.29, 1.82) is 0 Å². The van der Waals surface area contributed by atoms with Gasteiger partial charge in [0.1, 0.15) is 6.23 Å². The minimum atomic E-state index is -4.57. The molecule has 0 aromatic heterocycles. The smallest absolute Gasteiger partial charge is 0.301 e. The first-order valence-corrected chi connectivity index (χ1v) is 3.48. The van der Waals surface area contributed by atoms with Gasteiger partial charge in [0.15, 0.2) is 0 Å². The molecule has 1 aliphatic heterocycles. The van der Waals surface area contributed by atoms with Crippen molar-refractivity contribution in [3.63, 3.8) is 0 Å². The van der Waals surface area contributed by atoms with Crippen LogP contribution in [0.4, 0.5) is 13.2 Å². The van der Waals surface area contributed by atoms with Gasteiger partial charge in [-0.1, -0.05) is 0 Å². The van der Waals surface area contributed by atoms with Gasteiger partial charge in [-0.25, -0.2) is 0 Å². The van der Waals surface area contributed by atoms with Crippen LogP contribution in [0.5, 0.6) is 0 Å². The number of alkyl halides is 3. The SMILES string of the molecule is CN1C[CH]NC(OC(F)(F)F)C1. The van der Waals surface area contributed by atoms with E-state index in [2.05, 4.69) is 10.1 Å². The van der Waals surface area contributed by atoms with E-state index < -0.39 is 12.6 Å². The van der Waals surface area contributed by atoms with Crippen molar-refractivity contribution in [1.82, 2.24) is 10.2 Å². The number of piperazine rings is 1. The summed E-state index contributed by atoms with van der Waals surface area (Å²) in [5.41, 5.74) is 0. The molecule has 1 atom stereocenters. The van der Waals surface area contributed by atoms with Crippen LogP contribution in [-0.2, 0) is 4.74 Å². The number of hydrogen-bond donors (Lipinski definition) is 1. The fourth-order valence-electron chi connectivity index (χ4n) is 0.983. The van der Waals surface area contributed by atoms with Crippen LogP contribution in [0.2, 0.25) is 0 Å². The van der Waals surface area contributed by atoms with Crippen LogP contribution in [0, 0.1) is 6.54 Å². The molecule has 71 valence electrons. The second-order valence-corrected chi connectivity index (χ2v) is 2.64. The van der Waals surface area contributed by atoms with Crippen molar-refractivity contribution in [2.24, 2.45) is 0 Å². The summed E-state index contributed by atoms with van der Waals surface area (Å²) >= 11 is 0. The molecule has 3 nitrogen and oxygen atoms in total. The van der Waals surface area contributed by atoms with Gasteiger partial charge in [-0.2, -0.15) is 0 Å². The van der Waals surface area contributed by atoms with E-state index in [-0.39, 0.29) is 6.54 Å². The molecule has 1 heterocycles. The molecule has 1 saturated heterocycles. The molecule has 1 rings (SSSR count). The highest BCUT2D eigenvalue weighted by molar-refractivity contribution is 4.78. The lowest BCUT2D eigenvalue weighted by Gasteiger charge is -2.30. The molecule has 1 fully saturated rings. The Kier molecular flexibility index (Phi) is 2.92. The van der Waals surface area contributed by atoms with E-state index in [0.29, 0.717) is 6.54 Å². The second kappa shape index (κ2) is 3.59. The zero-order valence-corrected chi connectivity index (χ0v) is 6.56. The summed E-state index contributed by atoms with van der Waals surface area (Å²) < 4.78 is 38.8. The fraction of sp³-hybridized carbons (Fsp3) is 0.833. The van der Waals surface area contributed by atoms with Crippen molar-refractivity contribution in [3.8, 4) is 0 Å². The van der Waals surface area contributed by atoms with Crippen molar-refractivity contribution in [2.45, 2.75) is 12.6 Å². The molecule has 6 heteroatoms. The van der Waals surface area contributed by atoms with Gasteiger partial charge >= 0.3 is 6.36 Å². The van der Waals surface area contributed by atoms with E-state index in [1.165, 1.54) is 0 Å². The molecule has 0 spiro atoms. The number of halogens is 3. The summed E-state index contributed by atoms with van der Waals surface area (Å²) in [6, 6.07) is 0. The molecule has 1 unspecified atom stereocenters. The van der Waals surface area contributed by atoms with Crippen molar-refractivity contribution in [2.75, 3.05) is 20.1 Å². The first kappa shape index (κ1) is 9.76. The minimum absolute atomic E-state index is 0.232. The Balaban J connectivity index is 2.32. The zero-order valence-electron chi connectivity index (χ0n) is 6.56. The Morgan fingerprint density at radius 2 is 2.25 bits per heavy atom. The normalized spacial score (nSPS) is 27.5. The van der Waals surface area contributed by atoms with Gasteiger partial charge in [0.2, 0.25) is 0 Å². The number of ether oxygens (including phenoxy) is 1. The first-order chi connectivity index (χ1) is 5.47. The van der Waals surface area contributed by atoms with E-state index in [1.807, 2.05) is 0 Å². The highest BCUT2D eigenvalue weighted by Gasteiger charge is 2.34. The van der Waals surface area contributed by atoms with Gasteiger partial charge < -0.3 is 4.90 Å². The summed E-state index contributed by atoms with van der Waals surface area (Å²) in [7, 11) is 1.73. The molecule has 0 aromatic carbocycles. The van der Waals surface area contributed by atoms with Crippen molar-refractivity contribution >= 4 is 0 Å². The standard InChI is InChI=1S/C6H10F3N2O/c1-11-3-2-10-5(4-11)12-6(7,8)9/h2,5,10H,3-4H2,1H3. The lowest BCUT2D eigenvalue weighted by Crippen LogP contribution is -2.49. The van der Waals surface area contributed by atoms with Gasteiger partial charge in [-0.05, 0) is 7.05 Å². The van der Waals surface area contributed by atoms with Gasteiger partial charge in [0.25, 0.3) is 0 Å². The molecule has 12 heavy (non-hydrogen) atoms. The number of nitrogens with one attached hydrogen (secondary N) is 1. The number of rotatable bonds is 1. The first-order valence-electron chi connectivity index (χ1n) is 3.48. The third kappa shape index (κ3) is 3.38. The Morgan fingerprint density at radius 3 is 2.75 bits per heavy atom. The number of likely N-dealkylation sites (N-methyl/N-ethyl adjacent to an activating group) is 1. The largest absolute Gasteiger partial charge is 0.524 e. The molecule has 0 amide bonds. The van der Waals surface area contributed by atoms with Gasteiger partial charge in [0.05, 0.1) is 0 Å². The van der Waals surface area contributed by atoms with E-state index in [1.54, 1.807) is 18.5 Å². The Bertz CT molecular complexity index is 150. The minimum Gasteiger partial charge on any atom is -0.301 e. The Hall–Kier alpha value is -0.330. The van der Waals surface area contributed by atoms with Crippen LogP contribution < -0.4 is 5.32 Å². The maximum absolute atomic E-state index is 11.7. The van der Waals surface area contributed by atoms with Gasteiger partial charge in [0, 0.05) is 19.6 Å². The predicted octanol–water partition coefficient (Wildman–Crippen LogP) is 0.546. The highest BCUT2D eigenvalue weighted by atomic mass is 19.4. The maximum atomic E-state index is 11.7. The summed E-state index contributed by atoms with van der Waals surface area (Å²) in [6.45, 7) is 2.40. The van der Waals surface area contributed by atoms with Crippen molar-refractivity contribution in [3.05, 3.63) is 6.54 Å². The van der Waals surface area contributed by atoms with Crippen molar-refractivity contribution < 1.29 is 17.9 Å². The third-order valence-corrected chi connectivity index (χ3v) is 1.46. The summed E-state index contributed by atoms with van der Waals surface area (Å²) in [4.78, 5) is 1.73. The third-order valence-electron chi connectivity index (χ3n) is 1.46. The molecule has 0 bridgehead atoms. The molecular formula is C6H10F3N2O. The number of hydrogen-bond acceptors (Lipinski definition) is 3. The summed E-state index contributed by atoms with van der Waals surface area (Å²) in [5.74, 6) is 0. The van der Waals surface area contributed by atoms with Crippen LogP contribution in [0.15, 0.2) is 0 Å². The van der Waals surface area contributed by atoms with E-state index in [4.69, 9.17) is 0 Å². The average molecular weight is 183 g/mol. The zero-order chi connectivity index (χ0) is 9.19. The fourth-order valence-corrected chi connectivity index (χ4v) is 0.983. The molecule has 1 radical (unpaired) electrons. The molecule has 0 aliphatic carbocycles. The van der Waals surface area contributed by atoms with Crippen LogP contribution >= 0.6 is 0 Å². The average Bonchev–Trinajstić information content (AvgIpc) is 1.82. The number of nitrogens with zero attached hydrogens (tertiary/aromatic N) is 1. The summed E-state index contributed by atoms with van der Waals surface area (Å²) in [5, 5.41) is 2.50. The highest BCUT2D eigenvalue weighted by Crippen LogP contribution is 2.19. The van der Waals surface area contributed by atoms with Gasteiger partial charge in [-0.15, -0.1) is 13.2 Å². The van der Waals surface area contributed by atoms with Crippen LogP contribution in [0.25, 0.3) is 0 Å². The predicted molar refractivity (Wildman–Crippen MR) is 35.9 cm³/mol. The summed E-state index contributed by atoms with van der Waals surface area (Å²) in [6.07, 6.45) is -5.55. The van der Waals surface area contributed by atoms with E-state index >= 15 is 0 Å². The topological polar surface area (TPSA) is 24.5 Å². The lowest BCUT2D eigenvalue weighted by atomic mass is 10.4. The molecule has 0 saturated carbocycles. The van der Waals surface area contributed by atoms with Crippen LogP contribution in [-0.4, -0.2) is 37.6 Å². The van der Waals surface area contributed by atoms with Crippen LogP contribution in [0.1, 0.15) is 0 Å². The molecule has 1 aliphatic rings. The quantitative estimate of drug-likeness (QED) is 0.642. The molecule has 1 N–H and O–H groups in total. The van der Waals surface area contributed by atoms with E-state index in [9.17, 15) is 13.2 Å². The molecular weight excluding hydrogens is 173 g/mol. The Morgan fingerprint density at radius 1 is 1.58 bits per heavy atom. The van der Waals surface area contributed by atoms with Gasteiger partial charge in [-0.3, -0.25) is 10.1 Å². The second-order valence-electron chi connectivity index (χ2n) is 2.64. The molecule has 0 aromatic rings. The lowest BCUT2D eigenvalue weighted by molar-refractivity contribution is -0.347. The van der Waals surface area contributed by atoms with Crippen LogP contribution in [0.3, 0.4) is 0 Å². The Labute approximate surface area is 68.5 Å². The maximum Gasteiger partial charge on any atom is 0.524 e. The van der Waals surface area contributed by atoms with E-state index in [0.717, 1.165) is 0 Å².